The molecular formula is C15H17FN4O4. The zero-order valence-electron chi connectivity index (χ0n) is 12.8. The molecule has 1 aliphatic rings. The third-order valence-electron chi connectivity index (χ3n) is 3.69. The van der Waals surface area contributed by atoms with Gasteiger partial charge in [-0.2, -0.15) is 0 Å². The number of hydrogen-bond acceptors (Lipinski definition) is 6. The molecular weight excluding hydrogens is 319 g/mol. The minimum Gasteiger partial charge on any atom is -0.380 e. The predicted octanol–water partition coefficient (Wildman–Crippen LogP) is 0.135. The standard InChI is InChI=1S/C15H17FN4O4/c16-12-2-1-10(5-11(12)13-19-15(22)24-20-13)14(21)18-7-9-6-17-3-4-23-8-9/h1-2,5,9,17H,3-4,6-8H2,(H,18,21)(H,19,20,22). The van der Waals surface area contributed by atoms with Crippen LogP contribution in [0.25, 0.3) is 11.4 Å². The Morgan fingerprint density at radius 2 is 2.33 bits per heavy atom. The van der Waals surface area contributed by atoms with E-state index in [1.54, 1.807) is 0 Å². The van der Waals surface area contributed by atoms with Crippen LogP contribution in [0.3, 0.4) is 0 Å². The van der Waals surface area contributed by atoms with Crippen molar-refractivity contribution in [2.24, 2.45) is 5.92 Å². The van der Waals surface area contributed by atoms with E-state index in [0.717, 1.165) is 19.2 Å². The van der Waals surface area contributed by atoms with Crippen LogP contribution in [0.1, 0.15) is 10.4 Å². The molecule has 1 aromatic carbocycles. The Hall–Kier alpha value is -2.52. The van der Waals surface area contributed by atoms with Crippen LogP contribution in [0.2, 0.25) is 0 Å². The molecule has 0 aliphatic carbocycles. The zero-order valence-corrected chi connectivity index (χ0v) is 12.8. The number of aromatic amines is 1. The molecule has 2 heterocycles. The number of ether oxygens (including phenoxy) is 1. The number of carbonyl (C=O) groups is 1. The molecule has 0 spiro atoms. The number of halogens is 1. The average molecular weight is 336 g/mol. The third-order valence-corrected chi connectivity index (χ3v) is 3.69. The number of amides is 1. The molecule has 1 amide bonds. The van der Waals surface area contributed by atoms with Crippen molar-refractivity contribution in [1.82, 2.24) is 20.8 Å². The Balaban J connectivity index is 1.69. The van der Waals surface area contributed by atoms with Crippen molar-refractivity contribution in [2.75, 3.05) is 32.8 Å². The number of benzene rings is 1. The number of nitrogens with zero attached hydrogens (tertiary/aromatic N) is 1. The molecule has 1 aromatic heterocycles. The van der Waals surface area contributed by atoms with Gasteiger partial charge in [-0.25, -0.2) is 9.18 Å². The predicted molar refractivity (Wildman–Crippen MR) is 82.0 cm³/mol. The lowest BCUT2D eigenvalue weighted by atomic mass is 10.1. The normalized spacial score (nSPS) is 18.1. The van der Waals surface area contributed by atoms with E-state index in [2.05, 4.69) is 25.3 Å². The summed E-state index contributed by atoms with van der Waals surface area (Å²) < 4.78 is 23.7. The fraction of sp³-hybridized carbons (Fsp3) is 0.400. The van der Waals surface area contributed by atoms with Crippen molar-refractivity contribution in [2.45, 2.75) is 0 Å². The quantitative estimate of drug-likeness (QED) is 0.732. The summed E-state index contributed by atoms with van der Waals surface area (Å²) in [4.78, 5) is 25.5. The van der Waals surface area contributed by atoms with E-state index in [1.165, 1.54) is 12.1 Å². The van der Waals surface area contributed by atoms with Crippen LogP contribution >= 0.6 is 0 Å². The first-order valence-corrected chi connectivity index (χ1v) is 7.56. The number of H-pyrrole nitrogens is 1. The first kappa shape index (κ1) is 16.3. The summed E-state index contributed by atoms with van der Waals surface area (Å²) in [6.45, 7) is 3.22. The minimum absolute atomic E-state index is 0.00651. The van der Waals surface area contributed by atoms with Crippen LogP contribution < -0.4 is 16.4 Å². The molecule has 0 saturated carbocycles. The van der Waals surface area contributed by atoms with E-state index in [4.69, 9.17) is 4.74 Å². The first-order chi connectivity index (χ1) is 11.6. The maximum atomic E-state index is 13.9. The highest BCUT2D eigenvalue weighted by molar-refractivity contribution is 5.95. The summed E-state index contributed by atoms with van der Waals surface area (Å²) in [7, 11) is 0. The Bertz CT molecular complexity index is 765. The topological polar surface area (TPSA) is 109 Å². The molecule has 3 rings (SSSR count). The Morgan fingerprint density at radius 3 is 3.12 bits per heavy atom. The summed E-state index contributed by atoms with van der Waals surface area (Å²) in [5.74, 6) is -1.64. The first-order valence-electron chi connectivity index (χ1n) is 7.56. The van der Waals surface area contributed by atoms with E-state index < -0.39 is 11.6 Å². The lowest BCUT2D eigenvalue weighted by molar-refractivity contribution is 0.0921. The van der Waals surface area contributed by atoms with Crippen LogP contribution in [0.15, 0.2) is 27.5 Å². The average Bonchev–Trinajstić information content (AvgIpc) is 2.84. The minimum atomic E-state index is -0.792. The second kappa shape index (κ2) is 7.37. The molecule has 3 N–H and O–H groups in total. The van der Waals surface area contributed by atoms with Gasteiger partial charge in [-0.05, 0) is 18.2 Å². The van der Waals surface area contributed by atoms with E-state index >= 15 is 0 Å². The smallest absolute Gasteiger partial charge is 0.380 e. The van der Waals surface area contributed by atoms with Gasteiger partial charge in [-0.1, -0.05) is 5.16 Å². The summed E-state index contributed by atoms with van der Waals surface area (Å²) in [5.41, 5.74) is 0.255. The van der Waals surface area contributed by atoms with Gasteiger partial charge in [0.05, 0.1) is 18.8 Å². The summed E-state index contributed by atoms with van der Waals surface area (Å²) >= 11 is 0. The van der Waals surface area contributed by atoms with Gasteiger partial charge in [0, 0.05) is 31.1 Å². The van der Waals surface area contributed by atoms with Gasteiger partial charge >= 0.3 is 5.76 Å². The maximum absolute atomic E-state index is 13.9. The summed E-state index contributed by atoms with van der Waals surface area (Å²) in [6.07, 6.45) is 0. The van der Waals surface area contributed by atoms with Gasteiger partial charge in [-0.15, -0.1) is 0 Å². The zero-order chi connectivity index (χ0) is 16.9. The largest absolute Gasteiger partial charge is 0.439 e. The van der Waals surface area contributed by atoms with E-state index in [9.17, 15) is 14.0 Å². The third kappa shape index (κ3) is 3.87. The fourth-order valence-electron chi connectivity index (χ4n) is 2.42. The molecule has 9 heteroatoms. The molecule has 8 nitrogen and oxygen atoms in total. The Morgan fingerprint density at radius 1 is 1.46 bits per heavy atom. The van der Waals surface area contributed by atoms with Gasteiger partial charge < -0.3 is 15.4 Å². The lowest BCUT2D eigenvalue weighted by Gasteiger charge is -2.14. The highest BCUT2D eigenvalue weighted by Crippen LogP contribution is 2.19. The van der Waals surface area contributed by atoms with E-state index in [1.807, 2.05) is 0 Å². The van der Waals surface area contributed by atoms with Gasteiger partial charge in [0.25, 0.3) is 5.91 Å². The number of aromatic nitrogens is 2. The van der Waals surface area contributed by atoms with Crippen molar-refractivity contribution < 1.29 is 18.4 Å². The van der Waals surface area contributed by atoms with Crippen molar-refractivity contribution in [3.05, 3.63) is 40.1 Å². The molecule has 2 aromatic rings. The SMILES string of the molecule is O=C(NCC1CNCCOC1)c1ccc(F)c(-c2noc(=O)[nH]2)c1. The Labute approximate surface area is 136 Å². The highest BCUT2D eigenvalue weighted by atomic mass is 19.1. The number of rotatable bonds is 4. The van der Waals surface area contributed by atoms with Crippen LogP contribution in [0.5, 0.6) is 0 Å². The monoisotopic (exact) mass is 336 g/mol. The lowest BCUT2D eigenvalue weighted by Crippen LogP contribution is -2.35. The number of hydrogen-bond donors (Lipinski definition) is 3. The highest BCUT2D eigenvalue weighted by Gasteiger charge is 2.17. The van der Waals surface area contributed by atoms with Gasteiger partial charge in [0.2, 0.25) is 0 Å². The van der Waals surface area contributed by atoms with Crippen LogP contribution in [0.4, 0.5) is 4.39 Å². The van der Waals surface area contributed by atoms with Crippen molar-refractivity contribution in [1.29, 1.82) is 0 Å². The van der Waals surface area contributed by atoms with Crippen molar-refractivity contribution in [3.8, 4) is 11.4 Å². The molecule has 1 saturated heterocycles. The molecule has 24 heavy (non-hydrogen) atoms. The molecule has 1 unspecified atom stereocenters. The van der Waals surface area contributed by atoms with Crippen molar-refractivity contribution >= 4 is 5.91 Å². The molecule has 1 fully saturated rings. The molecule has 0 bridgehead atoms. The second-order valence-electron chi connectivity index (χ2n) is 5.49. The molecule has 0 radical (unpaired) electrons. The Kier molecular flexibility index (Phi) is 5.02. The van der Waals surface area contributed by atoms with Crippen LogP contribution in [-0.4, -0.2) is 48.9 Å². The van der Waals surface area contributed by atoms with Crippen molar-refractivity contribution in [3.63, 3.8) is 0 Å². The summed E-state index contributed by atoms with van der Waals surface area (Å²) in [6, 6.07) is 3.84. The maximum Gasteiger partial charge on any atom is 0.439 e. The van der Waals surface area contributed by atoms with E-state index in [-0.39, 0.29) is 28.8 Å². The van der Waals surface area contributed by atoms with Crippen LogP contribution in [0, 0.1) is 11.7 Å². The van der Waals surface area contributed by atoms with Crippen LogP contribution in [-0.2, 0) is 4.74 Å². The second-order valence-corrected chi connectivity index (χ2v) is 5.49. The molecule has 128 valence electrons. The van der Waals surface area contributed by atoms with Gasteiger partial charge in [-0.3, -0.25) is 14.3 Å². The molecule has 1 atom stereocenters. The fourth-order valence-corrected chi connectivity index (χ4v) is 2.42. The van der Waals surface area contributed by atoms with E-state index in [0.29, 0.717) is 19.8 Å². The number of nitrogens with one attached hydrogen (secondary N) is 3. The van der Waals surface area contributed by atoms with Gasteiger partial charge in [0.15, 0.2) is 5.82 Å². The number of carbonyl (C=O) groups excluding carboxylic acids is 1. The van der Waals surface area contributed by atoms with Gasteiger partial charge in [0.1, 0.15) is 5.82 Å². The summed E-state index contributed by atoms with van der Waals surface area (Å²) in [5, 5.41) is 9.46. The molecule has 1 aliphatic heterocycles.